The van der Waals surface area contributed by atoms with Crippen LogP contribution >= 0.6 is 0 Å². The van der Waals surface area contributed by atoms with E-state index in [1.54, 1.807) is 0 Å². The Balaban J connectivity index is 4.22. The van der Waals surface area contributed by atoms with E-state index in [9.17, 15) is 19.5 Å². The van der Waals surface area contributed by atoms with E-state index in [2.05, 4.69) is 86.8 Å². The molecule has 0 aliphatic carbocycles. The van der Waals surface area contributed by atoms with Crippen molar-refractivity contribution in [1.82, 2.24) is 0 Å². The van der Waals surface area contributed by atoms with E-state index in [0.717, 1.165) is 77.0 Å². The predicted molar refractivity (Wildman–Crippen MR) is 306 cm³/mol. The largest absolute Gasteiger partial charge is 0.545 e. The van der Waals surface area contributed by atoms with Crippen molar-refractivity contribution >= 4 is 17.9 Å². The summed E-state index contributed by atoms with van der Waals surface area (Å²) in [6.07, 6.45) is 68.0. The van der Waals surface area contributed by atoms with Crippen molar-refractivity contribution in [3.63, 3.8) is 0 Å². The molecular weight excluding hydrogens is 911 g/mol. The second-order valence-electron chi connectivity index (χ2n) is 21.3. The van der Waals surface area contributed by atoms with Gasteiger partial charge in [0.15, 0.2) is 12.4 Å². The summed E-state index contributed by atoms with van der Waals surface area (Å²) >= 11 is 0. The number of hydrogen-bond acceptors (Lipinski definition) is 8. The summed E-state index contributed by atoms with van der Waals surface area (Å²) in [4.78, 5) is 37.3. The number of carbonyl (C=O) groups is 3. The summed E-state index contributed by atoms with van der Waals surface area (Å²) in [6.45, 7) is 4.71. The number of quaternary nitrogens is 1. The molecule has 0 saturated heterocycles. The zero-order valence-electron chi connectivity index (χ0n) is 48.0. The first kappa shape index (κ1) is 69.7. The first-order chi connectivity index (χ1) is 35.6. The number of hydrogen-bond donors (Lipinski definition) is 0. The van der Waals surface area contributed by atoms with E-state index in [0.29, 0.717) is 17.4 Å². The van der Waals surface area contributed by atoms with Gasteiger partial charge in [-0.05, 0) is 89.9 Å². The number of nitrogens with zero attached hydrogens (tertiary/aromatic N) is 1. The summed E-state index contributed by atoms with van der Waals surface area (Å²) in [5.41, 5.74) is 0. The number of carboxylic acid groups (broad SMARTS) is 1. The van der Waals surface area contributed by atoms with E-state index in [1.165, 1.54) is 148 Å². The highest BCUT2D eigenvalue weighted by atomic mass is 16.7. The molecule has 0 rings (SSSR count). The molecule has 9 nitrogen and oxygen atoms in total. The average molecular weight is 1020 g/mol. The summed E-state index contributed by atoms with van der Waals surface area (Å²) in [5.74, 6) is -2.30. The normalized spacial score (nSPS) is 13.3. The molecule has 0 aromatic rings. The minimum absolute atomic E-state index is 0.143. The molecule has 0 heterocycles. The van der Waals surface area contributed by atoms with Crippen molar-refractivity contribution in [3.8, 4) is 0 Å². The zero-order chi connectivity index (χ0) is 53.4. The molecule has 2 unspecified atom stereocenters. The maximum absolute atomic E-state index is 12.9. The molecule has 0 spiro atoms. The second-order valence-corrected chi connectivity index (χ2v) is 21.3. The Bertz CT molecular complexity index is 1420. The maximum atomic E-state index is 12.9. The van der Waals surface area contributed by atoms with Gasteiger partial charge < -0.3 is 33.3 Å². The van der Waals surface area contributed by atoms with Gasteiger partial charge in [0.25, 0.3) is 0 Å². The number of aliphatic carboxylic acids is 1. The van der Waals surface area contributed by atoms with Crippen LogP contribution in [0.15, 0.2) is 72.9 Å². The third-order valence-corrected chi connectivity index (χ3v) is 12.9. The summed E-state index contributed by atoms with van der Waals surface area (Å²) in [6, 6.07) is 0. The number of likely N-dealkylation sites (N-methyl/N-ethyl adjacent to an activating group) is 1. The number of ether oxygens (including phenoxy) is 4. The van der Waals surface area contributed by atoms with Crippen LogP contribution in [0.3, 0.4) is 0 Å². The molecule has 0 amide bonds. The van der Waals surface area contributed by atoms with Crippen LogP contribution in [-0.2, 0) is 33.3 Å². The van der Waals surface area contributed by atoms with Gasteiger partial charge in [-0.2, -0.15) is 0 Å². The molecule has 0 aliphatic rings. The lowest BCUT2D eigenvalue weighted by Crippen LogP contribution is -2.44. The molecule has 0 bridgehead atoms. The van der Waals surface area contributed by atoms with Gasteiger partial charge in [0.05, 0.1) is 40.3 Å². The van der Waals surface area contributed by atoms with Crippen LogP contribution in [0.4, 0.5) is 0 Å². The Hall–Kier alpha value is -3.27. The van der Waals surface area contributed by atoms with Gasteiger partial charge in [-0.15, -0.1) is 0 Å². The maximum Gasteiger partial charge on any atom is 0.306 e. The Kier molecular flexibility index (Phi) is 52.5. The molecule has 9 heteroatoms. The van der Waals surface area contributed by atoms with E-state index in [1.807, 2.05) is 21.1 Å². The fourth-order valence-electron chi connectivity index (χ4n) is 8.26. The Labute approximate surface area is 449 Å². The van der Waals surface area contributed by atoms with Crippen molar-refractivity contribution in [2.24, 2.45) is 0 Å². The van der Waals surface area contributed by atoms with Crippen molar-refractivity contribution in [2.75, 3.05) is 47.5 Å². The third kappa shape index (κ3) is 56.3. The summed E-state index contributed by atoms with van der Waals surface area (Å²) in [5, 5.41) is 11.8. The van der Waals surface area contributed by atoms with Crippen LogP contribution < -0.4 is 5.11 Å². The Morgan fingerprint density at radius 3 is 1.12 bits per heavy atom. The van der Waals surface area contributed by atoms with Crippen LogP contribution in [0.2, 0.25) is 0 Å². The van der Waals surface area contributed by atoms with Crippen LogP contribution in [0.1, 0.15) is 258 Å². The van der Waals surface area contributed by atoms with Gasteiger partial charge in [-0.25, -0.2) is 0 Å². The van der Waals surface area contributed by atoms with Gasteiger partial charge in [-0.1, -0.05) is 228 Å². The molecule has 0 aromatic carbocycles. The number of allylic oxidation sites excluding steroid dienone is 12. The van der Waals surface area contributed by atoms with E-state index >= 15 is 0 Å². The number of unbranched alkanes of at least 4 members (excludes halogenated alkanes) is 28. The quantitative estimate of drug-likeness (QED) is 0.0195. The minimum atomic E-state index is -1.63. The minimum Gasteiger partial charge on any atom is -0.545 e. The Morgan fingerprint density at radius 2 is 0.740 bits per heavy atom. The van der Waals surface area contributed by atoms with Gasteiger partial charge in [0.2, 0.25) is 0 Å². The number of esters is 2. The molecule has 2 atom stereocenters. The monoisotopic (exact) mass is 1020 g/mol. The van der Waals surface area contributed by atoms with E-state index in [-0.39, 0.29) is 38.6 Å². The first-order valence-corrected chi connectivity index (χ1v) is 30.1. The smallest absolute Gasteiger partial charge is 0.306 e. The topological polar surface area (TPSA) is 111 Å². The van der Waals surface area contributed by atoms with Crippen LogP contribution in [-0.4, -0.2) is 82.3 Å². The lowest BCUT2D eigenvalue weighted by Gasteiger charge is -2.26. The molecule has 0 radical (unpaired) electrons. The van der Waals surface area contributed by atoms with E-state index < -0.39 is 24.3 Å². The summed E-state index contributed by atoms with van der Waals surface area (Å²) < 4.78 is 22.7. The third-order valence-electron chi connectivity index (χ3n) is 12.9. The summed E-state index contributed by atoms with van der Waals surface area (Å²) in [7, 11) is 5.92. The Morgan fingerprint density at radius 1 is 0.411 bits per heavy atom. The highest BCUT2D eigenvalue weighted by Gasteiger charge is 2.22. The molecule has 422 valence electrons. The molecule has 0 fully saturated rings. The van der Waals surface area contributed by atoms with Crippen molar-refractivity contribution in [1.29, 1.82) is 0 Å². The molecule has 0 N–H and O–H groups in total. The van der Waals surface area contributed by atoms with Gasteiger partial charge in [0, 0.05) is 12.8 Å². The lowest BCUT2D eigenvalue weighted by atomic mass is 10.0. The lowest BCUT2D eigenvalue weighted by molar-refractivity contribution is -0.870. The standard InChI is InChI=1S/C64H113NO8/c1-6-8-10-12-14-16-18-20-22-24-26-27-28-29-30-31-32-33-34-35-37-39-41-43-45-47-49-51-53-55-62(67)73-60(59-72-64(63(68)69)70-57-56-65(3,4)5)58-71-61(66)54-52-50-48-46-44-42-40-38-36-25-23-21-19-17-15-13-11-9-7-2/h15,17-18,20-21,23-24,26,28-29,36,38,60,64H,6-14,16,19,22,25,27,30-35,37,39-59H2,1-5H3/b17-15-,20-18-,23-21-,26-24-,29-28-,38-36-. The molecule has 0 saturated carbocycles. The zero-order valence-corrected chi connectivity index (χ0v) is 48.0. The number of carboxylic acids is 1. The van der Waals surface area contributed by atoms with E-state index in [4.69, 9.17) is 18.9 Å². The van der Waals surface area contributed by atoms with Crippen LogP contribution in [0.5, 0.6) is 0 Å². The van der Waals surface area contributed by atoms with Gasteiger partial charge in [0.1, 0.15) is 13.2 Å². The van der Waals surface area contributed by atoms with Crippen LogP contribution in [0, 0.1) is 0 Å². The van der Waals surface area contributed by atoms with Crippen molar-refractivity contribution in [2.45, 2.75) is 270 Å². The SMILES string of the molecule is CCCCC/C=C\C/C=C\C/C=C\CCCCCCCCC(=O)OCC(COC(OCC[N+](C)(C)C)C(=O)[O-])OC(=O)CCCCCCCCCCCCCCCC/C=C\C/C=C\C/C=C\CCCCCCC. The highest BCUT2D eigenvalue weighted by molar-refractivity contribution is 5.70. The molecular formula is C64H113NO8. The van der Waals surface area contributed by atoms with Crippen molar-refractivity contribution < 1.29 is 42.9 Å². The fraction of sp³-hybridized carbons (Fsp3) is 0.766. The van der Waals surface area contributed by atoms with Gasteiger partial charge in [-0.3, -0.25) is 9.59 Å². The predicted octanol–water partition coefficient (Wildman–Crippen LogP) is 16.5. The molecule has 73 heavy (non-hydrogen) atoms. The highest BCUT2D eigenvalue weighted by Crippen LogP contribution is 2.16. The number of carbonyl (C=O) groups excluding carboxylic acids is 3. The number of rotatable bonds is 55. The first-order valence-electron chi connectivity index (χ1n) is 30.1. The van der Waals surface area contributed by atoms with Crippen molar-refractivity contribution in [3.05, 3.63) is 72.9 Å². The molecule has 0 aliphatic heterocycles. The average Bonchev–Trinajstić information content (AvgIpc) is 3.36. The van der Waals surface area contributed by atoms with Crippen LogP contribution in [0.25, 0.3) is 0 Å². The van der Waals surface area contributed by atoms with Gasteiger partial charge >= 0.3 is 11.9 Å². The molecule has 0 aromatic heterocycles. The second kappa shape index (κ2) is 55.0. The fourth-order valence-corrected chi connectivity index (χ4v) is 8.26.